The maximum Gasteiger partial charge on any atom is 0.140 e. The molecular weight excluding hydrogens is 709 g/mol. The molecule has 0 radical (unpaired) electrons. The van der Waals surface area contributed by atoms with E-state index in [1.807, 2.05) is 0 Å². The molecule has 7 aromatic carbocycles. The molecule has 0 saturated carbocycles. The smallest absolute Gasteiger partial charge is 0.140 e. The van der Waals surface area contributed by atoms with Crippen molar-refractivity contribution in [1.29, 1.82) is 0 Å². The van der Waals surface area contributed by atoms with Crippen molar-refractivity contribution in [3.63, 3.8) is 0 Å². The van der Waals surface area contributed by atoms with Gasteiger partial charge in [0.05, 0.1) is 44.1 Å². The number of aromatic nitrogens is 5. The summed E-state index contributed by atoms with van der Waals surface area (Å²) >= 11 is 0. The summed E-state index contributed by atoms with van der Waals surface area (Å²) in [5.74, 6) is 2.80. The van der Waals surface area contributed by atoms with E-state index in [1.165, 1.54) is 54.1 Å². The van der Waals surface area contributed by atoms with Gasteiger partial charge in [0, 0.05) is 43.1 Å². The van der Waals surface area contributed by atoms with Crippen molar-refractivity contribution >= 4 is 93.0 Å². The third-order valence-electron chi connectivity index (χ3n) is 12.2. The van der Waals surface area contributed by atoms with Crippen LogP contribution < -0.4 is 5.32 Å². The first-order chi connectivity index (χ1) is 28.8. The number of nitrogens with one attached hydrogen (secondary N) is 1. The molecule has 0 fully saturated rings. The molecule has 13 rings (SSSR count). The Kier molecular flexibility index (Phi) is 6.41. The largest absolute Gasteiger partial charge is 0.347 e. The van der Waals surface area contributed by atoms with Crippen LogP contribution >= 0.6 is 0 Å². The maximum atomic E-state index is 5.45. The fraction of sp³-hybridized carbons (Fsp3) is 0.0192. The minimum absolute atomic E-state index is 0.0838. The summed E-state index contributed by atoms with van der Waals surface area (Å²) in [7, 11) is 0. The summed E-state index contributed by atoms with van der Waals surface area (Å²) in [5, 5.41) is 13.7. The zero-order valence-electron chi connectivity index (χ0n) is 31.3. The second kappa shape index (κ2) is 11.8. The van der Waals surface area contributed by atoms with Crippen molar-refractivity contribution in [2.75, 3.05) is 0 Å². The van der Waals surface area contributed by atoms with E-state index in [1.54, 1.807) is 0 Å². The second-order valence-electron chi connectivity index (χ2n) is 15.2. The van der Waals surface area contributed by atoms with E-state index >= 15 is 0 Å². The minimum atomic E-state index is -0.0838. The highest BCUT2D eigenvalue weighted by molar-refractivity contribution is 6.19. The second-order valence-corrected chi connectivity index (χ2v) is 15.2. The topological polar surface area (TPSA) is 44.6 Å². The highest BCUT2D eigenvalue weighted by Crippen LogP contribution is 2.41. The lowest BCUT2D eigenvalue weighted by Crippen LogP contribution is -2.28. The number of hydrogen-bond acceptors (Lipinski definition) is 2. The minimum Gasteiger partial charge on any atom is -0.347 e. The Balaban J connectivity index is 1.01. The summed E-state index contributed by atoms with van der Waals surface area (Å²) < 4.78 is 9.46. The lowest BCUT2D eigenvalue weighted by Gasteiger charge is -2.26. The van der Waals surface area contributed by atoms with E-state index in [2.05, 4.69) is 218 Å². The number of fused-ring (bicyclic) bond motifs is 12. The molecular formula is C52H34N6. The molecule has 5 aromatic heterocycles. The van der Waals surface area contributed by atoms with E-state index < -0.39 is 0 Å². The standard InChI is InChI=1S/C52H34N6/c1-7-21-41-33(15-1)34-16-2-8-22-42(34)55(41)49-27-13-29-51(53-49)57-45-25-11-5-19-37(45)39-32-48-40(31-47(39)57)38-20-6-12-26-46(38)58(48)52-30-14-28-50(54-52)56-43-23-9-3-17-35(43)36-18-4-10-24-44(36)56/h1-32,49,53H. The Labute approximate surface area is 332 Å². The van der Waals surface area contributed by atoms with Gasteiger partial charge in [0.25, 0.3) is 0 Å². The van der Waals surface area contributed by atoms with Crippen LogP contribution in [-0.4, -0.2) is 23.3 Å². The highest BCUT2D eigenvalue weighted by atomic mass is 15.3. The van der Waals surface area contributed by atoms with E-state index in [4.69, 9.17) is 4.98 Å². The van der Waals surface area contributed by atoms with Crippen molar-refractivity contribution in [3.8, 4) is 11.6 Å². The van der Waals surface area contributed by atoms with Gasteiger partial charge in [-0.2, -0.15) is 0 Å². The monoisotopic (exact) mass is 742 g/mol. The number of para-hydroxylation sites is 6. The zero-order valence-corrected chi connectivity index (χ0v) is 31.3. The number of dihydropyridines is 1. The van der Waals surface area contributed by atoms with E-state index in [9.17, 15) is 0 Å². The molecule has 1 aliphatic heterocycles. The maximum absolute atomic E-state index is 5.45. The van der Waals surface area contributed by atoms with Gasteiger partial charge in [-0.25, -0.2) is 4.98 Å². The molecule has 1 unspecified atom stereocenters. The SMILES string of the molecule is C1=CC(n2c3ccccc3c3ccccc32)NC(n2c3ccccc3c3cc4c(cc32)c2ccccc2n4-c2cccc(-n3c4ccccc4c4ccccc43)n2)=C1. The van der Waals surface area contributed by atoms with E-state index in [0.717, 1.165) is 50.6 Å². The van der Waals surface area contributed by atoms with Gasteiger partial charge in [-0.05, 0) is 72.8 Å². The van der Waals surface area contributed by atoms with Crippen molar-refractivity contribution in [2.45, 2.75) is 6.17 Å². The molecule has 6 nitrogen and oxygen atoms in total. The van der Waals surface area contributed by atoms with Crippen LogP contribution in [0.25, 0.3) is 105 Å². The van der Waals surface area contributed by atoms with Crippen LogP contribution in [0, 0.1) is 0 Å². The van der Waals surface area contributed by atoms with Gasteiger partial charge in [-0.3, -0.25) is 13.7 Å². The Bertz CT molecular complexity index is 3630. The van der Waals surface area contributed by atoms with Crippen molar-refractivity contribution in [3.05, 3.63) is 194 Å². The number of pyridine rings is 1. The summed E-state index contributed by atoms with van der Waals surface area (Å²) in [5.41, 5.74) is 9.26. The van der Waals surface area contributed by atoms with Gasteiger partial charge in [0.2, 0.25) is 0 Å². The van der Waals surface area contributed by atoms with Crippen LogP contribution in [0.5, 0.6) is 0 Å². The molecule has 58 heavy (non-hydrogen) atoms. The zero-order chi connectivity index (χ0) is 37.9. The number of nitrogens with zero attached hydrogens (tertiary/aromatic N) is 5. The summed E-state index contributed by atoms with van der Waals surface area (Å²) in [6.45, 7) is 0. The first-order valence-electron chi connectivity index (χ1n) is 19.9. The van der Waals surface area contributed by atoms with Crippen LogP contribution in [0.4, 0.5) is 0 Å². The van der Waals surface area contributed by atoms with Gasteiger partial charge < -0.3 is 9.88 Å². The molecule has 12 aromatic rings. The van der Waals surface area contributed by atoms with Crippen molar-refractivity contribution in [2.24, 2.45) is 0 Å². The average molecular weight is 743 g/mol. The van der Waals surface area contributed by atoms with Gasteiger partial charge in [0.15, 0.2) is 0 Å². The van der Waals surface area contributed by atoms with Crippen LogP contribution in [0.2, 0.25) is 0 Å². The Morgan fingerprint density at radius 3 is 1.24 bits per heavy atom. The fourth-order valence-electron chi connectivity index (χ4n) is 9.81. The summed E-state index contributed by atoms with van der Waals surface area (Å²) in [6.07, 6.45) is 6.57. The molecule has 0 aliphatic carbocycles. The molecule has 0 spiro atoms. The molecule has 1 atom stereocenters. The van der Waals surface area contributed by atoms with E-state index in [0.29, 0.717) is 0 Å². The quantitative estimate of drug-likeness (QED) is 0.195. The number of hydrogen-bond donors (Lipinski definition) is 1. The van der Waals surface area contributed by atoms with Crippen LogP contribution in [0.15, 0.2) is 194 Å². The molecule has 1 aliphatic rings. The molecule has 6 heteroatoms. The lowest BCUT2D eigenvalue weighted by atomic mass is 10.1. The first-order valence-corrected chi connectivity index (χ1v) is 19.9. The van der Waals surface area contributed by atoms with E-state index in [-0.39, 0.29) is 6.17 Å². The number of allylic oxidation sites excluding steroid dienone is 2. The molecule has 272 valence electrons. The molecule has 6 heterocycles. The van der Waals surface area contributed by atoms with Crippen LogP contribution in [0.3, 0.4) is 0 Å². The molecule has 0 saturated heterocycles. The average Bonchev–Trinajstić information content (AvgIpc) is 4.01. The van der Waals surface area contributed by atoms with Crippen LogP contribution in [-0.2, 0) is 0 Å². The van der Waals surface area contributed by atoms with Gasteiger partial charge >= 0.3 is 0 Å². The van der Waals surface area contributed by atoms with Crippen LogP contribution in [0.1, 0.15) is 6.17 Å². The fourth-order valence-corrected chi connectivity index (χ4v) is 9.81. The summed E-state index contributed by atoms with van der Waals surface area (Å²) in [6, 6.07) is 63.3. The Morgan fingerprint density at radius 2 is 0.741 bits per heavy atom. The van der Waals surface area contributed by atoms with Crippen molar-refractivity contribution in [1.82, 2.24) is 28.6 Å². The lowest BCUT2D eigenvalue weighted by molar-refractivity contribution is 0.577. The number of benzene rings is 7. The number of rotatable bonds is 4. The molecule has 0 bridgehead atoms. The third kappa shape index (κ3) is 4.28. The molecule has 0 amide bonds. The normalized spacial score (nSPS) is 14.6. The summed E-state index contributed by atoms with van der Waals surface area (Å²) in [4.78, 5) is 5.45. The van der Waals surface area contributed by atoms with Gasteiger partial charge in [-0.15, -0.1) is 0 Å². The van der Waals surface area contributed by atoms with Gasteiger partial charge in [-0.1, -0.05) is 121 Å². The molecule has 1 N–H and O–H groups in total. The third-order valence-corrected chi connectivity index (χ3v) is 12.2. The van der Waals surface area contributed by atoms with Gasteiger partial charge in [0.1, 0.15) is 23.6 Å². The van der Waals surface area contributed by atoms with Crippen molar-refractivity contribution < 1.29 is 0 Å². The Hall–Kier alpha value is -7.83. The Morgan fingerprint density at radius 1 is 0.362 bits per heavy atom. The predicted molar refractivity (Wildman–Crippen MR) is 241 cm³/mol. The first kappa shape index (κ1) is 31.4. The highest BCUT2D eigenvalue weighted by Gasteiger charge is 2.24. The predicted octanol–water partition coefficient (Wildman–Crippen LogP) is 12.6.